The SMILES string of the molecule is NCc1[nH]ccc1CC(=O)O. The summed E-state index contributed by atoms with van der Waals surface area (Å²) in [6.45, 7) is 0.357. The number of rotatable bonds is 3. The van der Waals surface area contributed by atoms with Crippen molar-refractivity contribution in [2.45, 2.75) is 13.0 Å². The molecule has 4 nitrogen and oxygen atoms in total. The molecule has 0 aliphatic heterocycles. The van der Waals surface area contributed by atoms with Gasteiger partial charge in [-0.1, -0.05) is 0 Å². The second kappa shape index (κ2) is 3.21. The molecule has 1 heterocycles. The molecule has 60 valence electrons. The van der Waals surface area contributed by atoms with Crippen molar-refractivity contribution < 1.29 is 9.90 Å². The molecule has 4 N–H and O–H groups in total. The van der Waals surface area contributed by atoms with Crippen molar-refractivity contribution in [1.82, 2.24) is 4.98 Å². The van der Waals surface area contributed by atoms with Crippen LogP contribution >= 0.6 is 0 Å². The topological polar surface area (TPSA) is 79.1 Å². The summed E-state index contributed by atoms with van der Waals surface area (Å²) in [5.41, 5.74) is 6.91. The molecule has 0 atom stereocenters. The first kappa shape index (κ1) is 7.81. The fraction of sp³-hybridized carbons (Fsp3) is 0.286. The van der Waals surface area contributed by atoms with E-state index in [-0.39, 0.29) is 6.42 Å². The highest BCUT2D eigenvalue weighted by atomic mass is 16.4. The second-order valence-electron chi connectivity index (χ2n) is 2.26. The zero-order chi connectivity index (χ0) is 8.27. The minimum Gasteiger partial charge on any atom is -0.481 e. The third kappa shape index (κ3) is 1.81. The number of nitrogens with one attached hydrogen (secondary N) is 1. The molecule has 1 aromatic heterocycles. The predicted molar refractivity (Wildman–Crippen MR) is 40.0 cm³/mol. The van der Waals surface area contributed by atoms with E-state index in [9.17, 15) is 4.79 Å². The molecule has 0 saturated carbocycles. The van der Waals surface area contributed by atoms with Gasteiger partial charge in [0.2, 0.25) is 0 Å². The van der Waals surface area contributed by atoms with Crippen LogP contribution in [-0.4, -0.2) is 16.1 Å². The van der Waals surface area contributed by atoms with Gasteiger partial charge in [-0.2, -0.15) is 0 Å². The Morgan fingerprint density at radius 3 is 3.00 bits per heavy atom. The van der Waals surface area contributed by atoms with E-state index < -0.39 is 5.97 Å². The minimum atomic E-state index is -0.834. The lowest BCUT2D eigenvalue weighted by Gasteiger charge is -1.95. The van der Waals surface area contributed by atoms with Crippen LogP contribution in [0.15, 0.2) is 12.3 Å². The third-order valence-electron chi connectivity index (χ3n) is 1.48. The number of carboxylic acid groups (broad SMARTS) is 1. The van der Waals surface area contributed by atoms with E-state index in [0.29, 0.717) is 6.54 Å². The molecule has 0 fully saturated rings. The van der Waals surface area contributed by atoms with Crippen molar-refractivity contribution in [3.8, 4) is 0 Å². The molecular weight excluding hydrogens is 144 g/mol. The molecule has 0 radical (unpaired) electrons. The number of carbonyl (C=O) groups is 1. The van der Waals surface area contributed by atoms with E-state index in [4.69, 9.17) is 10.8 Å². The van der Waals surface area contributed by atoms with Gasteiger partial charge in [0.05, 0.1) is 6.42 Å². The van der Waals surface area contributed by atoms with E-state index in [1.807, 2.05) is 0 Å². The number of hydrogen-bond acceptors (Lipinski definition) is 2. The first-order chi connectivity index (χ1) is 5.24. The molecule has 11 heavy (non-hydrogen) atoms. The molecule has 0 amide bonds. The van der Waals surface area contributed by atoms with Crippen LogP contribution in [0.25, 0.3) is 0 Å². The Balaban J connectivity index is 2.76. The van der Waals surface area contributed by atoms with Gasteiger partial charge in [0.25, 0.3) is 0 Å². The zero-order valence-corrected chi connectivity index (χ0v) is 6.00. The van der Waals surface area contributed by atoms with Crippen LogP contribution in [0.5, 0.6) is 0 Å². The number of aliphatic carboxylic acids is 1. The van der Waals surface area contributed by atoms with Crippen LogP contribution in [0, 0.1) is 0 Å². The van der Waals surface area contributed by atoms with Crippen molar-refractivity contribution in [1.29, 1.82) is 0 Å². The smallest absolute Gasteiger partial charge is 0.307 e. The van der Waals surface area contributed by atoms with Gasteiger partial charge in [-0.05, 0) is 11.6 Å². The standard InChI is InChI=1S/C7H10N2O2/c8-4-6-5(1-2-9-6)3-7(10)11/h1-2,9H,3-4,8H2,(H,10,11). The fourth-order valence-corrected chi connectivity index (χ4v) is 0.955. The third-order valence-corrected chi connectivity index (χ3v) is 1.48. The van der Waals surface area contributed by atoms with Crippen molar-refractivity contribution in [3.63, 3.8) is 0 Å². The average Bonchev–Trinajstić information content (AvgIpc) is 2.34. The highest BCUT2D eigenvalue weighted by Crippen LogP contribution is 2.05. The number of hydrogen-bond donors (Lipinski definition) is 3. The summed E-state index contributed by atoms with van der Waals surface area (Å²) in [5.74, 6) is -0.834. The Kier molecular flexibility index (Phi) is 2.28. The minimum absolute atomic E-state index is 0.0377. The predicted octanol–water partition coefficient (Wildman–Crippen LogP) is 0.100. The van der Waals surface area contributed by atoms with E-state index in [2.05, 4.69) is 4.98 Å². The maximum atomic E-state index is 10.3. The maximum Gasteiger partial charge on any atom is 0.307 e. The van der Waals surface area contributed by atoms with Crippen molar-refractivity contribution in [2.24, 2.45) is 5.73 Å². The largest absolute Gasteiger partial charge is 0.481 e. The Morgan fingerprint density at radius 1 is 1.73 bits per heavy atom. The molecule has 0 saturated heterocycles. The van der Waals surface area contributed by atoms with Gasteiger partial charge in [-0.3, -0.25) is 4.79 Å². The van der Waals surface area contributed by atoms with Crippen LogP contribution in [0.4, 0.5) is 0 Å². The number of aromatic nitrogens is 1. The maximum absolute atomic E-state index is 10.3. The monoisotopic (exact) mass is 154 g/mol. The van der Waals surface area contributed by atoms with Crippen LogP contribution < -0.4 is 5.73 Å². The summed E-state index contributed by atoms with van der Waals surface area (Å²) in [5, 5.41) is 8.45. The van der Waals surface area contributed by atoms with Crippen LogP contribution in [0.3, 0.4) is 0 Å². The summed E-state index contributed by atoms with van der Waals surface area (Å²) in [4.78, 5) is 13.2. The number of aromatic amines is 1. The second-order valence-corrected chi connectivity index (χ2v) is 2.26. The number of nitrogens with two attached hydrogens (primary N) is 1. The average molecular weight is 154 g/mol. The lowest BCUT2D eigenvalue weighted by Crippen LogP contribution is -2.05. The molecule has 4 heteroatoms. The van der Waals surface area contributed by atoms with Gasteiger partial charge in [-0.15, -0.1) is 0 Å². The van der Waals surface area contributed by atoms with Crippen molar-refractivity contribution >= 4 is 5.97 Å². The van der Waals surface area contributed by atoms with Crippen LogP contribution in [0.1, 0.15) is 11.3 Å². The summed E-state index contributed by atoms with van der Waals surface area (Å²) >= 11 is 0. The number of H-pyrrole nitrogens is 1. The molecule has 1 rings (SSSR count). The van der Waals surface area contributed by atoms with E-state index >= 15 is 0 Å². The Bertz CT molecular complexity index is 255. The summed E-state index contributed by atoms with van der Waals surface area (Å²) in [6, 6.07) is 1.73. The lowest BCUT2D eigenvalue weighted by molar-refractivity contribution is -0.136. The summed E-state index contributed by atoms with van der Waals surface area (Å²) < 4.78 is 0. The van der Waals surface area contributed by atoms with Gasteiger partial charge in [-0.25, -0.2) is 0 Å². The molecule has 0 aliphatic rings. The van der Waals surface area contributed by atoms with E-state index in [1.165, 1.54) is 0 Å². The molecule has 0 aliphatic carbocycles. The van der Waals surface area contributed by atoms with E-state index in [1.54, 1.807) is 12.3 Å². The quantitative estimate of drug-likeness (QED) is 0.577. The lowest BCUT2D eigenvalue weighted by atomic mass is 10.2. The van der Waals surface area contributed by atoms with Gasteiger partial charge in [0, 0.05) is 18.4 Å². The van der Waals surface area contributed by atoms with Gasteiger partial charge >= 0.3 is 5.97 Å². The highest BCUT2D eigenvalue weighted by molar-refractivity contribution is 5.70. The Morgan fingerprint density at radius 2 is 2.45 bits per heavy atom. The molecule has 1 aromatic rings. The Hall–Kier alpha value is -1.29. The van der Waals surface area contributed by atoms with Crippen LogP contribution in [-0.2, 0) is 17.8 Å². The van der Waals surface area contributed by atoms with Gasteiger partial charge < -0.3 is 15.8 Å². The molecule has 0 aromatic carbocycles. The molecule has 0 bridgehead atoms. The van der Waals surface area contributed by atoms with Gasteiger partial charge in [0.15, 0.2) is 0 Å². The number of carboxylic acids is 1. The van der Waals surface area contributed by atoms with Crippen molar-refractivity contribution in [3.05, 3.63) is 23.5 Å². The first-order valence-electron chi connectivity index (χ1n) is 3.31. The van der Waals surface area contributed by atoms with Crippen molar-refractivity contribution in [2.75, 3.05) is 0 Å². The van der Waals surface area contributed by atoms with Crippen LogP contribution in [0.2, 0.25) is 0 Å². The molecule has 0 spiro atoms. The summed E-state index contributed by atoms with van der Waals surface area (Å²) in [7, 11) is 0. The van der Waals surface area contributed by atoms with E-state index in [0.717, 1.165) is 11.3 Å². The zero-order valence-electron chi connectivity index (χ0n) is 6.00. The summed E-state index contributed by atoms with van der Waals surface area (Å²) in [6.07, 6.45) is 1.73. The fourth-order valence-electron chi connectivity index (χ4n) is 0.955. The van der Waals surface area contributed by atoms with Gasteiger partial charge in [0.1, 0.15) is 0 Å². The first-order valence-corrected chi connectivity index (χ1v) is 3.31. The normalized spacial score (nSPS) is 9.91. The Labute approximate surface area is 64.0 Å². The molecular formula is C7H10N2O2. The molecule has 0 unspecified atom stereocenters. The highest BCUT2D eigenvalue weighted by Gasteiger charge is 2.05.